The van der Waals surface area contributed by atoms with Gasteiger partial charge in [-0.05, 0) is 25.5 Å². The first-order valence-corrected chi connectivity index (χ1v) is 6.32. The molecule has 3 rings (SSSR count). The van der Waals surface area contributed by atoms with E-state index in [0.29, 0.717) is 22.5 Å². The van der Waals surface area contributed by atoms with Gasteiger partial charge in [-0.2, -0.15) is 0 Å². The van der Waals surface area contributed by atoms with Crippen molar-refractivity contribution in [2.75, 3.05) is 0 Å². The van der Waals surface area contributed by atoms with E-state index >= 15 is 0 Å². The summed E-state index contributed by atoms with van der Waals surface area (Å²) in [6, 6.07) is 9.80. The number of aromatic hydroxyl groups is 1. The Balaban J connectivity index is 2.32. The summed E-state index contributed by atoms with van der Waals surface area (Å²) in [5.74, 6) is 0.118. The Morgan fingerprint density at radius 3 is 2.68 bits per heavy atom. The first-order chi connectivity index (χ1) is 9.22. The van der Waals surface area contributed by atoms with Gasteiger partial charge < -0.3 is 9.67 Å². The van der Waals surface area contributed by atoms with Crippen LogP contribution in [0.5, 0.6) is 5.75 Å². The molecule has 1 N–H and O–H groups in total. The number of halogens is 1. The van der Waals surface area contributed by atoms with Gasteiger partial charge >= 0.3 is 0 Å². The van der Waals surface area contributed by atoms with Crippen molar-refractivity contribution in [1.82, 2.24) is 9.55 Å². The monoisotopic (exact) mass is 271 g/mol. The van der Waals surface area contributed by atoms with E-state index in [2.05, 4.69) is 11.9 Å². The van der Waals surface area contributed by atoms with E-state index in [4.69, 9.17) is 11.6 Å². The third-order valence-corrected chi connectivity index (χ3v) is 3.41. The molecule has 0 spiro atoms. The highest BCUT2D eigenvalue weighted by atomic mass is 35.5. The lowest BCUT2D eigenvalue weighted by molar-refractivity contribution is 0.472. The molecular formula is C15H12ClN2O. The van der Waals surface area contributed by atoms with Gasteiger partial charge in [0.1, 0.15) is 5.75 Å². The van der Waals surface area contributed by atoms with Gasteiger partial charge in [0.05, 0.1) is 27.8 Å². The molecular weight excluding hydrogens is 260 g/mol. The van der Waals surface area contributed by atoms with Crippen LogP contribution in [0.3, 0.4) is 0 Å². The molecule has 3 nitrogen and oxygen atoms in total. The van der Waals surface area contributed by atoms with E-state index in [9.17, 15) is 5.11 Å². The van der Waals surface area contributed by atoms with Crippen molar-refractivity contribution >= 4 is 22.5 Å². The van der Waals surface area contributed by atoms with Crippen molar-refractivity contribution in [3.05, 3.63) is 60.4 Å². The van der Waals surface area contributed by atoms with Crippen LogP contribution in [0.25, 0.3) is 16.6 Å². The summed E-state index contributed by atoms with van der Waals surface area (Å²) in [6.45, 7) is 3.75. The molecule has 2 heterocycles. The van der Waals surface area contributed by atoms with Crippen LogP contribution in [-0.4, -0.2) is 14.7 Å². The van der Waals surface area contributed by atoms with Crippen LogP contribution in [0.2, 0.25) is 5.02 Å². The first-order valence-electron chi connectivity index (χ1n) is 5.94. The molecule has 0 unspecified atom stereocenters. The Kier molecular flexibility index (Phi) is 2.91. The van der Waals surface area contributed by atoms with Gasteiger partial charge in [0, 0.05) is 11.9 Å². The fourth-order valence-electron chi connectivity index (χ4n) is 2.18. The highest BCUT2D eigenvalue weighted by molar-refractivity contribution is 6.36. The summed E-state index contributed by atoms with van der Waals surface area (Å²) in [4.78, 5) is 4.23. The van der Waals surface area contributed by atoms with E-state index in [1.165, 1.54) is 0 Å². The van der Waals surface area contributed by atoms with E-state index in [0.717, 1.165) is 11.2 Å². The second kappa shape index (κ2) is 4.59. The molecule has 0 fully saturated rings. The molecule has 1 radical (unpaired) electrons. The zero-order valence-electron chi connectivity index (χ0n) is 10.2. The van der Waals surface area contributed by atoms with Crippen LogP contribution in [0.1, 0.15) is 5.69 Å². The molecule has 0 aliphatic rings. The minimum Gasteiger partial charge on any atom is -0.505 e. The SMILES string of the molecule is [CH2]Cc1ncc2c(c(Cl)cn2-c2ccccc2)c1O. The molecule has 2 aromatic heterocycles. The Hall–Kier alpha value is -2.00. The number of rotatable bonds is 2. The summed E-state index contributed by atoms with van der Waals surface area (Å²) in [5.41, 5.74) is 2.31. The van der Waals surface area contributed by atoms with Crippen molar-refractivity contribution in [2.24, 2.45) is 0 Å². The summed E-state index contributed by atoms with van der Waals surface area (Å²) >= 11 is 6.23. The van der Waals surface area contributed by atoms with E-state index in [1.54, 1.807) is 12.4 Å². The third-order valence-electron chi connectivity index (χ3n) is 3.12. The fourth-order valence-corrected chi connectivity index (χ4v) is 2.46. The Bertz CT molecular complexity index is 735. The van der Waals surface area contributed by atoms with Crippen LogP contribution in [-0.2, 0) is 6.42 Å². The second-order valence-electron chi connectivity index (χ2n) is 4.25. The topological polar surface area (TPSA) is 38.0 Å². The number of hydrogen-bond acceptors (Lipinski definition) is 2. The quantitative estimate of drug-likeness (QED) is 0.771. The Morgan fingerprint density at radius 2 is 2.00 bits per heavy atom. The largest absolute Gasteiger partial charge is 0.505 e. The lowest BCUT2D eigenvalue weighted by Crippen LogP contribution is -1.93. The molecule has 0 aliphatic carbocycles. The van der Waals surface area contributed by atoms with E-state index in [1.807, 2.05) is 34.9 Å². The van der Waals surface area contributed by atoms with Gasteiger partial charge in [0.25, 0.3) is 0 Å². The molecule has 0 bridgehead atoms. The number of aromatic nitrogens is 2. The number of fused-ring (bicyclic) bond motifs is 1. The van der Waals surface area contributed by atoms with Gasteiger partial charge in [0.15, 0.2) is 0 Å². The van der Waals surface area contributed by atoms with Crippen molar-refractivity contribution in [1.29, 1.82) is 0 Å². The third kappa shape index (κ3) is 1.87. The lowest BCUT2D eigenvalue weighted by Gasteiger charge is -2.06. The summed E-state index contributed by atoms with van der Waals surface area (Å²) in [5, 5.41) is 11.3. The maximum atomic E-state index is 10.2. The average Bonchev–Trinajstić information content (AvgIpc) is 2.78. The molecule has 4 heteroatoms. The molecule has 0 aliphatic heterocycles. The molecule has 19 heavy (non-hydrogen) atoms. The fraction of sp³-hybridized carbons (Fsp3) is 0.0667. The van der Waals surface area contributed by atoms with Crippen molar-refractivity contribution < 1.29 is 5.11 Å². The Labute approximate surface area is 116 Å². The minimum atomic E-state index is 0.118. The predicted molar refractivity (Wildman–Crippen MR) is 76.8 cm³/mol. The minimum absolute atomic E-state index is 0.118. The highest BCUT2D eigenvalue weighted by Crippen LogP contribution is 2.36. The van der Waals surface area contributed by atoms with Crippen molar-refractivity contribution in [3.8, 4) is 11.4 Å². The number of nitrogens with zero attached hydrogens (tertiary/aromatic N) is 2. The highest BCUT2D eigenvalue weighted by Gasteiger charge is 2.15. The maximum Gasteiger partial charge on any atom is 0.147 e. The molecule has 1 aromatic carbocycles. The molecule has 0 saturated heterocycles. The van der Waals surface area contributed by atoms with Gasteiger partial charge in [0.2, 0.25) is 0 Å². The molecule has 3 aromatic rings. The van der Waals surface area contributed by atoms with Crippen LogP contribution < -0.4 is 0 Å². The maximum absolute atomic E-state index is 10.2. The summed E-state index contributed by atoms with van der Waals surface area (Å²) < 4.78 is 1.91. The number of para-hydroxylation sites is 1. The standard InChI is InChI=1S/C15H12ClN2O/c1-2-12-15(19)14-11(16)9-18(13(14)8-17-12)10-6-4-3-5-7-10/h3-9,19H,1-2H2. The van der Waals surface area contributed by atoms with Gasteiger partial charge in [-0.15, -0.1) is 0 Å². The summed E-state index contributed by atoms with van der Waals surface area (Å²) in [7, 11) is 0. The average molecular weight is 272 g/mol. The molecule has 0 amide bonds. The summed E-state index contributed by atoms with van der Waals surface area (Å²) in [6.07, 6.45) is 3.93. The zero-order chi connectivity index (χ0) is 13.4. The van der Waals surface area contributed by atoms with Crippen LogP contribution in [0, 0.1) is 6.92 Å². The van der Waals surface area contributed by atoms with Gasteiger partial charge in [-0.25, -0.2) is 0 Å². The molecule has 0 atom stereocenters. The molecule has 95 valence electrons. The number of hydrogen-bond donors (Lipinski definition) is 1. The van der Waals surface area contributed by atoms with E-state index in [-0.39, 0.29) is 5.75 Å². The molecule has 0 saturated carbocycles. The normalized spacial score (nSPS) is 11.1. The van der Waals surface area contributed by atoms with Crippen molar-refractivity contribution in [2.45, 2.75) is 6.42 Å². The Morgan fingerprint density at radius 1 is 1.26 bits per heavy atom. The smallest absolute Gasteiger partial charge is 0.147 e. The first kappa shape index (κ1) is 12.1. The van der Waals surface area contributed by atoms with E-state index < -0.39 is 0 Å². The van der Waals surface area contributed by atoms with Crippen molar-refractivity contribution in [3.63, 3.8) is 0 Å². The number of benzene rings is 1. The van der Waals surface area contributed by atoms with Crippen LogP contribution in [0.15, 0.2) is 42.7 Å². The van der Waals surface area contributed by atoms with Gasteiger partial charge in [-0.3, -0.25) is 4.98 Å². The van der Waals surface area contributed by atoms with Crippen LogP contribution >= 0.6 is 11.6 Å². The number of pyridine rings is 1. The van der Waals surface area contributed by atoms with Gasteiger partial charge in [-0.1, -0.05) is 29.8 Å². The lowest BCUT2D eigenvalue weighted by atomic mass is 10.2. The van der Waals surface area contributed by atoms with Crippen LogP contribution in [0.4, 0.5) is 0 Å². The zero-order valence-corrected chi connectivity index (χ0v) is 10.9. The second-order valence-corrected chi connectivity index (χ2v) is 4.65. The predicted octanol–water partition coefficient (Wildman–Crippen LogP) is 3.76.